The molecule has 0 fully saturated rings. The SMILES string of the molecule is COC/C=C/P(c1ccccc1)c1ccccc1.[B]. The number of hydrogen-bond donors (Lipinski definition) is 0. The first-order chi connectivity index (χ1) is 8.92. The Hall–Kier alpha value is -1.37. The molecule has 0 saturated heterocycles. The van der Waals surface area contributed by atoms with Crippen LogP contribution in [0.2, 0.25) is 0 Å². The molecule has 0 aliphatic carbocycles. The second kappa shape index (κ2) is 8.69. The fourth-order valence-electron chi connectivity index (χ4n) is 1.74. The van der Waals surface area contributed by atoms with Crippen LogP contribution in [0.25, 0.3) is 0 Å². The monoisotopic (exact) mass is 267 g/mol. The molecule has 95 valence electrons. The van der Waals surface area contributed by atoms with Crippen molar-refractivity contribution < 1.29 is 4.74 Å². The van der Waals surface area contributed by atoms with Crippen molar-refractivity contribution in [3.8, 4) is 0 Å². The van der Waals surface area contributed by atoms with Crippen molar-refractivity contribution in [3.63, 3.8) is 0 Å². The van der Waals surface area contributed by atoms with Gasteiger partial charge in [-0.3, -0.25) is 0 Å². The lowest BCUT2D eigenvalue weighted by atomic mass is 10.4. The standard InChI is InChI=1S/C16H17OP.B/c1-17-13-8-14-18(15-9-4-2-5-10-15)16-11-6-3-7-12-16;/h2-12,14H,13H2,1H3;/b14-8+;. The van der Waals surface area contributed by atoms with Crippen molar-refractivity contribution in [2.75, 3.05) is 13.7 Å². The molecule has 0 aliphatic heterocycles. The van der Waals surface area contributed by atoms with Crippen molar-refractivity contribution in [1.82, 2.24) is 0 Å². The van der Waals surface area contributed by atoms with E-state index < -0.39 is 7.92 Å². The highest BCUT2D eigenvalue weighted by Crippen LogP contribution is 2.34. The third-order valence-electron chi connectivity index (χ3n) is 2.59. The third-order valence-corrected chi connectivity index (χ3v) is 4.80. The van der Waals surface area contributed by atoms with Crippen LogP contribution in [0.3, 0.4) is 0 Å². The molecule has 0 N–H and O–H groups in total. The summed E-state index contributed by atoms with van der Waals surface area (Å²) in [6, 6.07) is 21.3. The molecule has 0 spiro atoms. The Bertz CT molecular complexity index is 445. The summed E-state index contributed by atoms with van der Waals surface area (Å²) in [6.07, 6.45) is 2.10. The molecule has 2 aromatic rings. The molecular formula is C16H17BOP. The molecule has 3 radical (unpaired) electrons. The minimum Gasteiger partial charge on any atom is -0.381 e. The largest absolute Gasteiger partial charge is 0.381 e. The number of rotatable bonds is 5. The second-order valence-electron chi connectivity index (χ2n) is 3.88. The first kappa shape index (κ1) is 15.7. The second-order valence-corrected chi connectivity index (χ2v) is 5.95. The summed E-state index contributed by atoms with van der Waals surface area (Å²) < 4.78 is 5.09. The fourth-order valence-corrected chi connectivity index (χ4v) is 3.67. The van der Waals surface area contributed by atoms with Crippen LogP contribution in [0, 0.1) is 0 Å². The summed E-state index contributed by atoms with van der Waals surface area (Å²) >= 11 is 0. The summed E-state index contributed by atoms with van der Waals surface area (Å²) in [5.41, 5.74) is 0. The van der Waals surface area contributed by atoms with Crippen molar-refractivity contribution in [2.45, 2.75) is 0 Å². The van der Waals surface area contributed by atoms with E-state index in [9.17, 15) is 0 Å². The van der Waals surface area contributed by atoms with Gasteiger partial charge in [0.05, 0.1) is 6.61 Å². The van der Waals surface area contributed by atoms with Gasteiger partial charge in [-0.25, -0.2) is 0 Å². The predicted octanol–water partition coefficient (Wildman–Crippen LogP) is 2.90. The zero-order valence-corrected chi connectivity index (χ0v) is 12.0. The maximum atomic E-state index is 5.09. The molecule has 0 aromatic heterocycles. The van der Waals surface area contributed by atoms with Crippen LogP contribution in [0.5, 0.6) is 0 Å². The van der Waals surface area contributed by atoms with Crippen molar-refractivity contribution in [1.29, 1.82) is 0 Å². The van der Waals surface area contributed by atoms with Gasteiger partial charge in [-0.05, 0) is 18.5 Å². The highest BCUT2D eigenvalue weighted by Gasteiger charge is 2.08. The molecule has 1 nitrogen and oxygen atoms in total. The molecule has 0 heterocycles. The van der Waals surface area contributed by atoms with Crippen LogP contribution in [-0.2, 0) is 4.74 Å². The van der Waals surface area contributed by atoms with E-state index in [0.717, 1.165) is 0 Å². The van der Waals surface area contributed by atoms with Gasteiger partial charge in [0.15, 0.2) is 0 Å². The van der Waals surface area contributed by atoms with Crippen LogP contribution in [-0.4, -0.2) is 22.1 Å². The van der Waals surface area contributed by atoms with Crippen LogP contribution in [0.1, 0.15) is 0 Å². The minimum absolute atomic E-state index is 0. The molecule has 3 heteroatoms. The Labute approximate surface area is 118 Å². The van der Waals surface area contributed by atoms with Gasteiger partial charge < -0.3 is 4.74 Å². The van der Waals surface area contributed by atoms with Gasteiger partial charge >= 0.3 is 0 Å². The average Bonchev–Trinajstić information content (AvgIpc) is 2.46. The summed E-state index contributed by atoms with van der Waals surface area (Å²) in [4.78, 5) is 0. The Morgan fingerprint density at radius 1 is 0.895 bits per heavy atom. The molecule has 0 saturated carbocycles. The number of methoxy groups -OCH3 is 1. The highest BCUT2D eigenvalue weighted by atomic mass is 31.1. The van der Waals surface area contributed by atoms with Gasteiger partial charge in [-0.15, -0.1) is 0 Å². The molecule has 0 atom stereocenters. The molecule has 0 unspecified atom stereocenters. The van der Waals surface area contributed by atoms with E-state index in [1.807, 2.05) is 0 Å². The smallest absolute Gasteiger partial charge is 0.0647 e. The first-order valence-corrected chi connectivity index (χ1v) is 7.38. The van der Waals surface area contributed by atoms with Crippen LogP contribution in [0.15, 0.2) is 72.6 Å². The Morgan fingerprint density at radius 2 is 1.37 bits per heavy atom. The van der Waals surface area contributed by atoms with Crippen molar-refractivity contribution in [2.24, 2.45) is 0 Å². The van der Waals surface area contributed by atoms with E-state index >= 15 is 0 Å². The van der Waals surface area contributed by atoms with E-state index in [1.54, 1.807) is 7.11 Å². The average molecular weight is 267 g/mol. The van der Waals surface area contributed by atoms with Crippen LogP contribution in [0.4, 0.5) is 0 Å². The lowest BCUT2D eigenvalue weighted by Gasteiger charge is -2.14. The van der Waals surface area contributed by atoms with Crippen LogP contribution < -0.4 is 10.6 Å². The zero-order chi connectivity index (χ0) is 12.6. The van der Waals surface area contributed by atoms with E-state index in [4.69, 9.17) is 4.74 Å². The van der Waals surface area contributed by atoms with Gasteiger partial charge in [0.25, 0.3) is 0 Å². The topological polar surface area (TPSA) is 9.23 Å². The van der Waals surface area contributed by atoms with Gasteiger partial charge in [-0.1, -0.05) is 72.6 Å². The quantitative estimate of drug-likeness (QED) is 0.598. The fraction of sp³-hybridized carbons (Fsp3) is 0.125. The number of hydrogen-bond acceptors (Lipinski definition) is 1. The van der Waals surface area contributed by atoms with Crippen LogP contribution >= 0.6 is 7.92 Å². The Morgan fingerprint density at radius 3 is 1.79 bits per heavy atom. The normalized spacial score (nSPS) is 10.6. The van der Waals surface area contributed by atoms with E-state index in [-0.39, 0.29) is 8.41 Å². The van der Waals surface area contributed by atoms with Gasteiger partial charge in [0.1, 0.15) is 0 Å². The Kier molecular flexibility index (Phi) is 7.17. The summed E-state index contributed by atoms with van der Waals surface area (Å²) in [7, 11) is 1.30. The van der Waals surface area contributed by atoms with E-state index in [1.165, 1.54) is 10.6 Å². The third kappa shape index (κ3) is 4.67. The maximum Gasteiger partial charge on any atom is 0.0647 e. The lowest BCUT2D eigenvalue weighted by Crippen LogP contribution is -2.09. The molecule has 0 aliphatic rings. The van der Waals surface area contributed by atoms with Crippen molar-refractivity contribution in [3.05, 3.63) is 72.6 Å². The van der Waals surface area contributed by atoms with E-state index in [2.05, 4.69) is 72.6 Å². The van der Waals surface area contributed by atoms with Gasteiger partial charge in [0.2, 0.25) is 0 Å². The van der Waals surface area contributed by atoms with Crippen molar-refractivity contribution >= 4 is 26.9 Å². The highest BCUT2D eigenvalue weighted by molar-refractivity contribution is 7.75. The summed E-state index contributed by atoms with van der Waals surface area (Å²) in [5, 5.41) is 2.73. The predicted molar refractivity (Wildman–Crippen MR) is 85.8 cm³/mol. The molecular weight excluding hydrogens is 250 g/mol. The summed E-state index contributed by atoms with van der Waals surface area (Å²) in [6.45, 7) is 0.665. The maximum absolute atomic E-state index is 5.09. The van der Waals surface area contributed by atoms with Gasteiger partial charge in [-0.2, -0.15) is 0 Å². The molecule has 19 heavy (non-hydrogen) atoms. The van der Waals surface area contributed by atoms with E-state index in [0.29, 0.717) is 6.61 Å². The Balaban J connectivity index is 0.00000180. The summed E-state index contributed by atoms with van der Waals surface area (Å²) in [5.74, 6) is 2.27. The zero-order valence-electron chi connectivity index (χ0n) is 11.1. The lowest BCUT2D eigenvalue weighted by molar-refractivity contribution is 0.234. The number of benzene rings is 2. The molecule has 2 rings (SSSR count). The molecule has 0 amide bonds. The number of ether oxygens (including phenoxy) is 1. The molecule has 2 aromatic carbocycles. The van der Waals surface area contributed by atoms with Gasteiger partial charge in [0, 0.05) is 15.5 Å². The molecule has 0 bridgehead atoms. The first-order valence-electron chi connectivity index (χ1n) is 5.97. The minimum atomic E-state index is -0.423.